The molecule has 1 aliphatic rings. The van der Waals surface area contributed by atoms with E-state index in [1.165, 1.54) is 11.8 Å². The van der Waals surface area contributed by atoms with Crippen molar-refractivity contribution in [1.29, 1.82) is 0 Å². The molecule has 0 atom stereocenters. The van der Waals surface area contributed by atoms with E-state index in [0.29, 0.717) is 37.2 Å². The fourth-order valence-electron chi connectivity index (χ4n) is 3.50. The lowest BCUT2D eigenvalue weighted by Gasteiger charge is -2.31. The molecule has 1 amide bonds. The van der Waals surface area contributed by atoms with Crippen LogP contribution in [0.25, 0.3) is 0 Å². The third-order valence-electron chi connectivity index (χ3n) is 5.29. The van der Waals surface area contributed by atoms with Crippen LogP contribution in [0.1, 0.15) is 39.1 Å². The molecule has 29 heavy (non-hydrogen) atoms. The Hall–Kier alpha value is -3.29. The summed E-state index contributed by atoms with van der Waals surface area (Å²) in [7, 11) is 1.55. The molecule has 0 saturated carbocycles. The van der Waals surface area contributed by atoms with Crippen molar-refractivity contribution < 1.29 is 23.6 Å². The van der Waals surface area contributed by atoms with E-state index in [1.54, 1.807) is 31.4 Å². The maximum absolute atomic E-state index is 14.0. The smallest absolute Gasteiger partial charge is 0.276 e. The van der Waals surface area contributed by atoms with E-state index < -0.39 is 22.3 Å². The van der Waals surface area contributed by atoms with Crippen molar-refractivity contribution >= 4 is 17.4 Å². The van der Waals surface area contributed by atoms with E-state index >= 15 is 0 Å². The molecule has 0 unspecified atom stereocenters. The summed E-state index contributed by atoms with van der Waals surface area (Å²) in [4.78, 5) is 37.3. The molecule has 0 bridgehead atoms. The molecule has 0 aromatic heterocycles. The van der Waals surface area contributed by atoms with Crippen LogP contribution in [0.15, 0.2) is 36.4 Å². The number of halogens is 1. The summed E-state index contributed by atoms with van der Waals surface area (Å²) in [6.07, 6.45) is 0.958. The Kier molecular flexibility index (Phi) is 5.91. The van der Waals surface area contributed by atoms with Gasteiger partial charge in [-0.25, -0.2) is 4.39 Å². The second-order valence-electron chi connectivity index (χ2n) is 7.02. The SMILES string of the molecule is COc1ccc(C(=O)C2CCN(C(=O)c3cc(F)c(C)c([N+](=O)[O-])c3)CC2)cc1. The quantitative estimate of drug-likeness (QED) is 0.433. The number of amides is 1. The van der Waals surface area contributed by atoms with Gasteiger partial charge in [-0.1, -0.05) is 0 Å². The molecule has 2 aromatic rings. The monoisotopic (exact) mass is 400 g/mol. The summed E-state index contributed by atoms with van der Waals surface area (Å²) in [6.45, 7) is 1.96. The Morgan fingerprint density at radius 3 is 2.31 bits per heavy atom. The predicted molar refractivity (Wildman–Crippen MR) is 104 cm³/mol. The molecule has 1 fully saturated rings. The number of likely N-dealkylation sites (tertiary alicyclic amines) is 1. The van der Waals surface area contributed by atoms with Crippen LogP contribution in [0.4, 0.5) is 10.1 Å². The van der Waals surface area contributed by atoms with E-state index in [9.17, 15) is 24.1 Å². The van der Waals surface area contributed by atoms with Crippen LogP contribution in [-0.4, -0.2) is 41.7 Å². The number of ketones is 1. The number of carbonyl (C=O) groups is 2. The Morgan fingerprint density at radius 2 is 1.76 bits per heavy atom. The Morgan fingerprint density at radius 1 is 1.14 bits per heavy atom. The van der Waals surface area contributed by atoms with Gasteiger partial charge in [0, 0.05) is 36.2 Å². The number of Topliss-reactive ketones (excluding diaryl/α,β-unsaturated/α-hetero) is 1. The van der Waals surface area contributed by atoms with Crippen molar-refractivity contribution in [2.45, 2.75) is 19.8 Å². The first kappa shape index (κ1) is 20.4. The van der Waals surface area contributed by atoms with Gasteiger partial charge < -0.3 is 9.64 Å². The standard InChI is InChI=1S/C21H21FN2O5/c1-13-18(22)11-16(12-19(13)24(27)28)21(26)23-9-7-15(8-10-23)20(25)14-3-5-17(29-2)6-4-14/h3-6,11-12,15H,7-10H2,1-2H3. The Balaban J connectivity index is 1.68. The van der Waals surface area contributed by atoms with Gasteiger partial charge in [0.2, 0.25) is 0 Å². The molecule has 2 aromatic carbocycles. The fourth-order valence-corrected chi connectivity index (χ4v) is 3.50. The largest absolute Gasteiger partial charge is 0.497 e. The molecule has 152 valence electrons. The van der Waals surface area contributed by atoms with Gasteiger partial charge in [-0.2, -0.15) is 0 Å². The fraction of sp³-hybridized carbons (Fsp3) is 0.333. The molecule has 7 nitrogen and oxygen atoms in total. The molecule has 0 N–H and O–H groups in total. The van der Waals surface area contributed by atoms with Crippen molar-refractivity contribution in [2.24, 2.45) is 5.92 Å². The zero-order valence-corrected chi connectivity index (χ0v) is 16.2. The van der Waals surface area contributed by atoms with Gasteiger partial charge in [-0.15, -0.1) is 0 Å². The Bertz CT molecular complexity index is 950. The van der Waals surface area contributed by atoms with Crippen LogP contribution in [0.3, 0.4) is 0 Å². The van der Waals surface area contributed by atoms with Crippen LogP contribution >= 0.6 is 0 Å². The summed E-state index contributed by atoms with van der Waals surface area (Å²) in [5.41, 5.74) is 0.0137. The highest BCUT2D eigenvalue weighted by molar-refractivity contribution is 5.98. The molecule has 3 rings (SSSR count). The van der Waals surface area contributed by atoms with Crippen LogP contribution in [0.5, 0.6) is 5.75 Å². The van der Waals surface area contributed by atoms with Gasteiger partial charge in [0.05, 0.1) is 17.6 Å². The first-order valence-electron chi connectivity index (χ1n) is 9.24. The van der Waals surface area contributed by atoms with Crippen molar-refractivity contribution in [1.82, 2.24) is 4.90 Å². The molecule has 1 saturated heterocycles. The van der Waals surface area contributed by atoms with Crippen LogP contribution in [0.2, 0.25) is 0 Å². The third-order valence-corrected chi connectivity index (χ3v) is 5.29. The first-order valence-corrected chi connectivity index (χ1v) is 9.24. The maximum atomic E-state index is 14.0. The van der Waals surface area contributed by atoms with Crippen LogP contribution in [-0.2, 0) is 0 Å². The van der Waals surface area contributed by atoms with Gasteiger partial charge in [-0.05, 0) is 50.1 Å². The lowest BCUT2D eigenvalue weighted by atomic mass is 9.88. The van der Waals surface area contributed by atoms with E-state index in [-0.39, 0.29) is 22.8 Å². The average Bonchev–Trinajstić information content (AvgIpc) is 2.74. The first-order chi connectivity index (χ1) is 13.8. The summed E-state index contributed by atoms with van der Waals surface area (Å²) < 4.78 is 19.1. The topological polar surface area (TPSA) is 89.8 Å². The number of hydrogen-bond acceptors (Lipinski definition) is 5. The molecule has 0 spiro atoms. The second-order valence-corrected chi connectivity index (χ2v) is 7.02. The average molecular weight is 400 g/mol. The van der Waals surface area contributed by atoms with Crippen molar-refractivity contribution in [3.8, 4) is 5.75 Å². The molecule has 8 heteroatoms. The third kappa shape index (κ3) is 4.26. The minimum atomic E-state index is -0.785. The summed E-state index contributed by atoms with van der Waals surface area (Å²) in [5.74, 6) is -0.788. The minimum Gasteiger partial charge on any atom is -0.497 e. The maximum Gasteiger partial charge on any atom is 0.276 e. The zero-order valence-electron chi connectivity index (χ0n) is 16.2. The minimum absolute atomic E-state index is 0.0109. The second kappa shape index (κ2) is 8.38. The van der Waals surface area contributed by atoms with E-state index in [0.717, 1.165) is 12.1 Å². The zero-order chi connectivity index (χ0) is 21.1. The Labute approximate surface area is 167 Å². The molecule has 0 aliphatic carbocycles. The summed E-state index contributed by atoms with van der Waals surface area (Å²) >= 11 is 0. The lowest BCUT2D eigenvalue weighted by molar-refractivity contribution is -0.385. The molecule has 0 radical (unpaired) electrons. The molecular formula is C21H21FN2O5. The predicted octanol–water partition coefficient (Wildman–Crippen LogP) is 3.79. The number of ether oxygens (including phenoxy) is 1. The van der Waals surface area contributed by atoms with E-state index in [1.807, 2.05) is 0 Å². The highest BCUT2D eigenvalue weighted by Crippen LogP contribution is 2.27. The van der Waals surface area contributed by atoms with Crippen molar-refractivity contribution in [3.63, 3.8) is 0 Å². The number of piperidine rings is 1. The number of nitro benzene ring substituents is 1. The van der Waals surface area contributed by atoms with Gasteiger partial charge in [-0.3, -0.25) is 19.7 Å². The summed E-state index contributed by atoms with van der Waals surface area (Å²) in [5, 5.41) is 11.1. The van der Waals surface area contributed by atoms with Crippen LogP contribution in [0, 0.1) is 28.8 Å². The van der Waals surface area contributed by atoms with Crippen molar-refractivity contribution in [3.05, 3.63) is 69.0 Å². The van der Waals surface area contributed by atoms with Gasteiger partial charge in [0.15, 0.2) is 5.78 Å². The number of carbonyl (C=O) groups excluding carboxylic acids is 2. The highest BCUT2D eigenvalue weighted by atomic mass is 19.1. The van der Waals surface area contributed by atoms with Crippen molar-refractivity contribution in [2.75, 3.05) is 20.2 Å². The number of benzene rings is 2. The lowest BCUT2D eigenvalue weighted by Crippen LogP contribution is -2.40. The van der Waals surface area contributed by atoms with Gasteiger partial charge in [0.1, 0.15) is 11.6 Å². The van der Waals surface area contributed by atoms with E-state index in [2.05, 4.69) is 0 Å². The molecule has 1 heterocycles. The number of rotatable bonds is 5. The number of nitrogens with zero attached hydrogens (tertiary/aromatic N) is 2. The molecular weight excluding hydrogens is 379 g/mol. The number of hydrogen-bond donors (Lipinski definition) is 0. The molecule has 1 aliphatic heterocycles. The number of nitro groups is 1. The normalized spacial score (nSPS) is 14.5. The number of methoxy groups -OCH3 is 1. The summed E-state index contributed by atoms with van der Waals surface area (Å²) in [6, 6.07) is 9.02. The highest BCUT2D eigenvalue weighted by Gasteiger charge is 2.29. The van der Waals surface area contributed by atoms with Gasteiger partial charge in [0.25, 0.3) is 11.6 Å². The van der Waals surface area contributed by atoms with Crippen LogP contribution < -0.4 is 4.74 Å². The van der Waals surface area contributed by atoms with Gasteiger partial charge >= 0.3 is 0 Å². The van der Waals surface area contributed by atoms with E-state index in [4.69, 9.17) is 4.74 Å².